The van der Waals surface area contributed by atoms with E-state index in [0.29, 0.717) is 5.75 Å². The van der Waals surface area contributed by atoms with Crippen LogP contribution in [-0.2, 0) is 0 Å². The first kappa shape index (κ1) is 15.8. The molecule has 1 N–H and O–H groups in total. The smallest absolute Gasteiger partial charge is 0.410 e. The van der Waals surface area contributed by atoms with Crippen LogP contribution < -0.4 is 10.1 Å². The SMILES string of the molecule is Cc1ccc(C)c(OC(=O)Nc2ccc([N+](=O)[O-])cc2Cl)c1. The molecule has 0 spiro atoms. The lowest BCUT2D eigenvalue weighted by Crippen LogP contribution is -2.17. The maximum Gasteiger partial charge on any atom is 0.417 e. The van der Waals surface area contributed by atoms with E-state index in [1.165, 1.54) is 12.1 Å². The maximum absolute atomic E-state index is 11.9. The number of nitro benzene ring substituents is 1. The molecule has 22 heavy (non-hydrogen) atoms. The third-order valence-corrected chi connectivity index (χ3v) is 3.26. The summed E-state index contributed by atoms with van der Waals surface area (Å²) in [6.45, 7) is 3.71. The zero-order chi connectivity index (χ0) is 16.3. The van der Waals surface area contributed by atoms with E-state index < -0.39 is 11.0 Å². The maximum atomic E-state index is 11.9. The Morgan fingerprint density at radius 2 is 1.95 bits per heavy atom. The number of hydrogen-bond acceptors (Lipinski definition) is 4. The standard InChI is InChI=1S/C15H13ClN2O4/c1-9-3-4-10(2)14(7-9)22-15(19)17-13-6-5-11(18(20)21)8-12(13)16/h3-8H,1-2H3,(H,17,19). The minimum atomic E-state index is -0.718. The van der Waals surface area contributed by atoms with E-state index in [-0.39, 0.29) is 16.4 Å². The van der Waals surface area contributed by atoms with Crippen LogP contribution >= 0.6 is 11.6 Å². The van der Waals surface area contributed by atoms with Gasteiger partial charge in [0.15, 0.2) is 0 Å². The summed E-state index contributed by atoms with van der Waals surface area (Å²) < 4.78 is 5.22. The molecule has 0 aliphatic carbocycles. The second-order valence-corrected chi connectivity index (χ2v) is 5.11. The summed E-state index contributed by atoms with van der Waals surface area (Å²) in [4.78, 5) is 22.0. The Bertz CT molecular complexity index is 746. The van der Waals surface area contributed by atoms with Crippen molar-refractivity contribution in [3.63, 3.8) is 0 Å². The molecule has 0 aromatic heterocycles. The van der Waals surface area contributed by atoms with Gasteiger partial charge in [-0.2, -0.15) is 0 Å². The second-order valence-electron chi connectivity index (χ2n) is 4.70. The number of aryl methyl sites for hydroxylation is 2. The topological polar surface area (TPSA) is 81.5 Å². The number of nitro groups is 1. The van der Waals surface area contributed by atoms with E-state index in [9.17, 15) is 14.9 Å². The van der Waals surface area contributed by atoms with Crippen molar-refractivity contribution in [1.82, 2.24) is 0 Å². The lowest BCUT2D eigenvalue weighted by molar-refractivity contribution is -0.384. The highest BCUT2D eigenvalue weighted by Crippen LogP contribution is 2.27. The number of anilines is 1. The van der Waals surface area contributed by atoms with Crippen molar-refractivity contribution in [3.8, 4) is 5.75 Å². The van der Waals surface area contributed by atoms with Gasteiger partial charge in [-0.3, -0.25) is 15.4 Å². The second kappa shape index (κ2) is 6.44. The number of nitrogens with zero attached hydrogens (tertiary/aromatic N) is 1. The van der Waals surface area contributed by atoms with Gasteiger partial charge in [-0.05, 0) is 37.1 Å². The van der Waals surface area contributed by atoms with Crippen molar-refractivity contribution < 1.29 is 14.5 Å². The average Bonchev–Trinajstić information content (AvgIpc) is 2.45. The summed E-state index contributed by atoms with van der Waals surface area (Å²) in [6.07, 6.45) is -0.718. The van der Waals surface area contributed by atoms with Crippen LogP contribution in [0.4, 0.5) is 16.2 Å². The molecule has 0 bridgehead atoms. The molecule has 0 fully saturated rings. The monoisotopic (exact) mass is 320 g/mol. The third kappa shape index (κ3) is 3.73. The molecule has 0 unspecified atom stereocenters. The van der Waals surface area contributed by atoms with E-state index in [0.717, 1.165) is 17.2 Å². The van der Waals surface area contributed by atoms with Gasteiger partial charge in [0.05, 0.1) is 15.6 Å². The fourth-order valence-corrected chi connectivity index (χ4v) is 1.99. The molecule has 2 aromatic rings. The molecule has 2 aromatic carbocycles. The first-order chi connectivity index (χ1) is 10.4. The number of halogens is 1. The van der Waals surface area contributed by atoms with Crippen LogP contribution in [0.15, 0.2) is 36.4 Å². The van der Waals surface area contributed by atoms with Gasteiger partial charge < -0.3 is 4.74 Å². The summed E-state index contributed by atoms with van der Waals surface area (Å²) in [5.74, 6) is 0.440. The van der Waals surface area contributed by atoms with Gasteiger partial charge in [0.1, 0.15) is 5.75 Å². The van der Waals surface area contributed by atoms with Crippen molar-refractivity contribution >= 4 is 29.1 Å². The highest BCUT2D eigenvalue weighted by atomic mass is 35.5. The normalized spacial score (nSPS) is 10.1. The molecule has 2 rings (SSSR count). The molecule has 7 heteroatoms. The molecule has 0 aliphatic rings. The summed E-state index contributed by atoms with van der Waals surface area (Å²) in [6, 6.07) is 9.26. The van der Waals surface area contributed by atoms with E-state index in [4.69, 9.17) is 16.3 Å². The Kier molecular flexibility index (Phi) is 4.62. The summed E-state index contributed by atoms with van der Waals surface area (Å²) in [5, 5.41) is 13.2. The van der Waals surface area contributed by atoms with Gasteiger partial charge in [-0.15, -0.1) is 0 Å². The number of non-ortho nitro benzene ring substituents is 1. The lowest BCUT2D eigenvalue weighted by atomic mass is 10.1. The van der Waals surface area contributed by atoms with E-state index >= 15 is 0 Å². The molecule has 6 nitrogen and oxygen atoms in total. The number of carbonyl (C=O) groups is 1. The number of carbonyl (C=O) groups excluding carboxylic acids is 1. The van der Waals surface area contributed by atoms with Gasteiger partial charge >= 0.3 is 6.09 Å². The lowest BCUT2D eigenvalue weighted by Gasteiger charge is -2.10. The van der Waals surface area contributed by atoms with E-state index in [1.807, 2.05) is 26.0 Å². The third-order valence-electron chi connectivity index (χ3n) is 2.95. The van der Waals surface area contributed by atoms with Crippen LogP contribution in [0.5, 0.6) is 5.75 Å². The van der Waals surface area contributed by atoms with Crippen LogP contribution in [0.25, 0.3) is 0 Å². The highest BCUT2D eigenvalue weighted by molar-refractivity contribution is 6.33. The van der Waals surface area contributed by atoms with Crippen molar-refractivity contribution in [2.24, 2.45) is 0 Å². The largest absolute Gasteiger partial charge is 0.417 e. The van der Waals surface area contributed by atoms with Crippen molar-refractivity contribution in [1.29, 1.82) is 0 Å². The van der Waals surface area contributed by atoms with Crippen molar-refractivity contribution in [2.45, 2.75) is 13.8 Å². The molecule has 0 saturated carbocycles. The van der Waals surface area contributed by atoms with E-state index in [2.05, 4.69) is 5.32 Å². The quantitative estimate of drug-likeness (QED) is 0.668. The van der Waals surface area contributed by atoms with Crippen molar-refractivity contribution in [2.75, 3.05) is 5.32 Å². The molecular formula is C15H13ClN2O4. The van der Waals surface area contributed by atoms with E-state index in [1.54, 1.807) is 6.07 Å². The molecule has 0 aliphatic heterocycles. The van der Waals surface area contributed by atoms with Gasteiger partial charge in [-0.25, -0.2) is 4.79 Å². The first-order valence-electron chi connectivity index (χ1n) is 6.37. The summed E-state index contributed by atoms with van der Waals surface area (Å²) in [5.41, 5.74) is 1.86. The van der Waals surface area contributed by atoms with Gasteiger partial charge in [0, 0.05) is 12.1 Å². The van der Waals surface area contributed by atoms with Crippen LogP contribution in [0.2, 0.25) is 5.02 Å². The number of nitrogens with one attached hydrogen (secondary N) is 1. The number of benzene rings is 2. The number of amides is 1. The minimum absolute atomic E-state index is 0.0621. The highest BCUT2D eigenvalue weighted by Gasteiger charge is 2.13. The molecule has 0 saturated heterocycles. The molecule has 0 heterocycles. The van der Waals surface area contributed by atoms with Crippen LogP contribution in [-0.4, -0.2) is 11.0 Å². The average molecular weight is 321 g/mol. The fraction of sp³-hybridized carbons (Fsp3) is 0.133. The fourth-order valence-electron chi connectivity index (χ4n) is 1.77. The zero-order valence-electron chi connectivity index (χ0n) is 11.9. The molecular weight excluding hydrogens is 308 g/mol. The van der Waals surface area contributed by atoms with Crippen LogP contribution in [0, 0.1) is 24.0 Å². The predicted molar refractivity (Wildman–Crippen MR) is 83.7 cm³/mol. The zero-order valence-corrected chi connectivity index (χ0v) is 12.7. The molecule has 0 atom stereocenters. The van der Waals surface area contributed by atoms with Crippen LogP contribution in [0.3, 0.4) is 0 Å². The van der Waals surface area contributed by atoms with Crippen molar-refractivity contribution in [3.05, 3.63) is 62.7 Å². The number of rotatable bonds is 3. The Balaban J connectivity index is 2.12. The predicted octanol–water partition coefficient (Wildman–Crippen LogP) is 4.48. The molecule has 1 amide bonds. The molecule has 0 radical (unpaired) electrons. The molecule has 114 valence electrons. The summed E-state index contributed by atoms with van der Waals surface area (Å²) >= 11 is 5.90. The minimum Gasteiger partial charge on any atom is -0.410 e. The van der Waals surface area contributed by atoms with Gasteiger partial charge in [-0.1, -0.05) is 23.7 Å². The van der Waals surface area contributed by atoms with Gasteiger partial charge in [0.2, 0.25) is 0 Å². The Morgan fingerprint density at radius 3 is 2.59 bits per heavy atom. The van der Waals surface area contributed by atoms with Gasteiger partial charge in [0.25, 0.3) is 5.69 Å². The first-order valence-corrected chi connectivity index (χ1v) is 6.74. The Morgan fingerprint density at radius 1 is 1.23 bits per heavy atom. The van der Waals surface area contributed by atoms with Crippen LogP contribution in [0.1, 0.15) is 11.1 Å². The number of hydrogen-bond donors (Lipinski definition) is 1. The Hall–Kier alpha value is -2.60. The Labute approximate surface area is 131 Å². The summed E-state index contributed by atoms with van der Waals surface area (Å²) in [7, 11) is 0. The number of ether oxygens (including phenoxy) is 1.